The Morgan fingerprint density at radius 1 is 1.37 bits per heavy atom. The maximum atomic E-state index is 5.80. The second-order valence-corrected chi connectivity index (χ2v) is 6.69. The van der Waals surface area contributed by atoms with Gasteiger partial charge in [0.25, 0.3) is 0 Å². The summed E-state index contributed by atoms with van der Waals surface area (Å²) in [5.41, 5.74) is 0.337. The Bertz CT molecular complexity index is 288. The van der Waals surface area contributed by atoms with Crippen molar-refractivity contribution in [1.82, 2.24) is 10.2 Å². The highest BCUT2D eigenvalue weighted by Gasteiger charge is 2.38. The van der Waals surface area contributed by atoms with Gasteiger partial charge in [0.15, 0.2) is 0 Å². The molecule has 2 heterocycles. The molecule has 2 aliphatic heterocycles. The van der Waals surface area contributed by atoms with Gasteiger partial charge < -0.3 is 14.8 Å². The highest BCUT2D eigenvalue weighted by atomic mass is 16.5. The minimum atomic E-state index is 0.337. The lowest BCUT2D eigenvalue weighted by Gasteiger charge is -2.40. The van der Waals surface area contributed by atoms with Crippen molar-refractivity contribution < 1.29 is 9.47 Å². The minimum Gasteiger partial charge on any atom is -0.381 e. The summed E-state index contributed by atoms with van der Waals surface area (Å²) in [6.07, 6.45) is 6.88. The molecule has 4 nitrogen and oxygen atoms in total. The molecule has 3 fully saturated rings. The van der Waals surface area contributed by atoms with E-state index in [4.69, 9.17) is 9.47 Å². The highest BCUT2D eigenvalue weighted by molar-refractivity contribution is 4.92. The van der Waals surface area contributed by atoms with Crippen molar-refractivity contribution in [3.63, 3.8) is 0 Å². The van der Waals surface area contributed by atoms with Gasteiger partial charge in [0, 0.05) is 51.4 Å². The van der Waals surface area contributed by atoms with Crippen LogP contribution in [0.3, 0.4) is 0 Å². The van der Waals surface area contributed by atoms with Crippen LogP contribution in [0.15, 0.2) is 0 Å². The number of hydrogen-bond donors (Lipinski definition) is 1. The Balaban J connectivity index is 1.54. The van der Waals surface area contributed by atoms with Gasteiger partial charge in [-0.15, -0.1) is 0 Å². The smallest absolute Gasteiger partial charge is 0.0710 e. The average Bonchev–Trinajstić information content (AvgIpc) is 3.17. The molecule has 0 amide bonds. The maximum absolute atomic E-state index is 5.80. The van der Waals surface area contributed by atoms with E-state index in [1.54, 1.807) is 0 Å². The fourth-order valence-corrected chi connectivity index (χ4v) is 3.49. The summed E-state index contributed by atoms with van der Waals surface area (Å²) in [6.45, 7) is 6.47. The molecule has 4 heteroatoms. The molecule has 0 spiro atoms. The fourth-order valence-electron chi connectivity index (χ4n) is 3.49. The number of nitrogens with zero attached hydrogens (tertiary/aromatic N) is 1. The standard InChI is InChI=1S/C15H28N2O2/c1-18-14-5-7-17(9-14)11-15(6-2-8-19-12-15)10-16-13-3-4-13/h13-14,16H,2-12H2,1H3. The molecule has 0 radical (unpaired) electrons. The maximum Gasteiger partial charge on any atom is 0.0710 e. The summed E-state index contributed by atoms with van der Waals surface area (Å²) in [5, 5.41) is 3.73. The van der Waals surface area contributed by atoms with Crippen molar-refractivity contribution in [3.8, 4) is 0 Å². The molecule has 0 aromatic heterocycles. The molecule has 2 atom stereocenters. The Kier molecular flexibility index (Phi) is 4.42. The first-order valence-corrected chi connectivity index (χ1v) is 7.86. The molecule has 2 saturated heterocycles. The molecule has 110 valence electrons. The summed E-state index contributed by atoms with van der Waals surface area (Å²) in [7, 11) is 1.84. The van der Waals surface area contributed by atoms with E-state index in [1.165, 1.54) is 45.2 Å². The van der Waals surface area contributed by atoms with Gasteiger partial charge in [-0.25, -0.2) is 0 Å². The first-order chi connectivity index (χ1) is 9.30. The van der Waals surface area contributed by atoms with Crippen molar-refractivity contribution in [2.45, 2.75) is 44.2 Å². The van der Waals surface area contributed by atoms with E-state index in [0.29, 0.717) is 11.5 Å². The predicted molar refractivity (Wildman–Crippen MR) is 75.4 cm³/mol. The van der Waals surface area contributed by atoms with Gasteiger partial charge in [0.05, 0.1) is 12.7 Å². The van der Waals surface area contributed by atoms with Crippen molar-refractivity contribution in [2.75, 3.05) is 46.5 Å². The monoisotopic (exact) mass is 268 g/mol. The number of hydrogen-bond acceptors (Lipinski definition) is 4. The molecule has 1 aliphatic carbocycles. The van der Waals surface area contributed by atoms with Crippen LogP contribution in [-0.2, 0) is 9.47 Å². The lowest BCUT2D eigenvalue weighted by atomic mass is 9.81. The van der Waals surface area contributed by atoms with Gasteiger partial charge in [-0.1, -0.05) is 0 Å². The summed E-state index contributed by atoms with van der Waals surface area (Å²) < 4.78 is 11.3. The number of methoxy groups -OCH3 is 1. The van der Waals surface area contributed by atoms with Crippen LogP contribution in [0.4, 0.5) is 0 Å². The lowest BCUT2D eigenvalue weighted by Crippen LogP contribution is -2.49. The Hall–Kier alpha value is -0.160. The Morgan fingerprint density at radius 3 is 2.89 bits per heavy atom. The van der Waals surface area contributed by atoms with Crippen LogP contribution in [0, 0.1) is 5.41 Å². The average molecular weight is 268 g/mol. The number of rotatable bonds is 6. The zero-order valence-corrected chi connectivity index (χ0v) is 12.2. The van der Waals surface area contributed by atoms with Gasteiger partial charge in [0.2, 0.25) is 0 Å². The number of ether oxygens (including phenoxy) is 2. The molecule has 0 bridgehead atoms. The van der Waals surface area contributed by atoms with Crippen LogP contribution in [0.5, 0.6) is 0 Å². The third-order valence-electron chi connectivity index (χ3n) is 4.87. The van der Waals surface area contributed by atoms with Gasteiger partial charge in [-0.2, -0.15) is 0 Å². The van der Waals surface area contributed by atoms with Gasteiger partial charge >= 0.3 is 0 Å². The van der Waals surface area contributed by atoms with E-state index < -0.39 is 0 Å². The first kappa shape index (κ1) is 13.8. The van der Waals surface area contributed by atoms with Crippen molar-refractivity contribution >= 4 is 0 Å². The zero-order chi connectivity index (χ0) is 13.1. The van der Waals surface area contributed by atoms with Gasteiger partial charge in [0.1, 0.15) is 0 Å². The minimum absolute atomic E-state index is 0.337. The first-order valence-electron chi connectivity index (χ1n) is 7.86. The molecule has 1 saturated carbocycles. The normalized spacial score (nSPS) is 36.8. The summed E-state index contributed by atoms with van der Waals surface area (Å²) in [5.74, 6) is 0. The van der Waals surface area contributed by atoms with Crippen LogP contribution in [0.1, 0.15) is 32.1 Å². The molecule has 0 aromatic carbocycles. The van der Waals surface area contributed by atoms with E-state index in [9.17, 15) is 0 Å². The molecule has 2 unspecified atom stereocenters. The molecule has 3 rings (SSSR count). The van der Waals surface area contributed by atoms with Crippen LogP contribution >= 0.6 is 0 Å². The Labute approximate surface area is 116 Å². The summed E-state index contributed by atoms with van der Waals surface area (Å²) in [6, 6.07) is 0.795. The highest BCUT2D eigenvalue weighted by Crippen LogP contribution is 2.32. The number of nitrogens with one attached hydrogen (secondary N) is 1. The van der Waals surface area contributed by atoms with Gasteiger partial charge in [-0.05, 0) is 32.1 Å². The Morgan fingerprint density at radius 2 is 2.26 bits per heavy atom. The van der Waals surface area contributed by atoms with Crippen LogP contribution in [0.2, 0.25) is 0 Å². The largest absolute Gasteiger partial charge is 0.381 e. The topological polar surface area (TPSA) is 33.7 Å². The molecule has 1 N–H and O–H groups in total. The second kappa shape index (κ2) is 6.08. The van der Waals surface area contributed by atoms with E-state index in [1.807, 2.05) is 7.11 Å². The third-order valence-corrected chi connectivity index (χ3v) is 4.87. The van der Waals surface area contributed by atoms with Crippen LogP contribution in [-0.4, -0.2) is 63.5 Å². The lowest BCUT2D eigenvalue weighted by molar-refractivity contribution is -0.0251. The van der Waals surface area contributed by atoms with Crippen LogP contribution in [0.25, 0.3) is 0 Å². The number of likely N-dealkylation sites (tertiary alicyclic amines) is 1. The molecule has 0 aromatic rings. The van der Waals surface area contributed by atoms with Crippen LogP contribution < -0.4 is 5.32 Å². The third kappa shape index (κ3) is 3.69. The van der Waals surface area contributed by atoms with E-state index in [0.717, 1.165) is 32.3 Å². The van der Waals surface area contributed by atoms with Crippen molar-refractivity contribution in [1.29, 1.82) is 0 Å². The quantitative estimate of drug-likeness (QED) is 0.786. The van der Waals surface area contributed by atoms with E-state index in [2.05, 4.69) is 10.2 Å². The molecular weight excluding hydrogens is 240 g/mol. The zero-order valence-electron chi connectivity index (χ0n) is 12.2. The van der Waals surface area contributed by atoms with Gasteiger partial charge in [-0.3, -0.25) is 4.90 Å². The summed E-state index contributed by atoms with van der Waals surface area (Å²) >= 11 is 0. The van der Waals surface area contributed by atoms with Crippen molar-refractivity contribution in [2.24, 2.45) is 5.41 Å². The van der Waals surface area contributed by atoms with E-state index in [-0.39, 0.29) is 0 Å². The SMILES string of the molecule is COC1CCN(CC2(CNC3CC3)CCCOC2)C1. The molecule has 3 aliphatic rings. The van der Waals surface area contributed by atoms with Crippen molar-refractivity contribution in [3.05, 3.63) is 0 Å². The second-order valence-electron chi connectivity index (χ2n) is 6.69. The molecular formula is C15H28N2O2. The molecule has 19 heavy (non-hydrogen) atoms. The fraction of sp³-hybridized carbons (Fsp3) is 1.00. The summed E-state index contributed by atoms with van der Waals surface area (Å²) in [4.78, 5) is 2.58. The predicted octanol–water partition coefficient (Wildman–Crippen LogP) is 1.26. The van der Waals surface area contributed by atoms with E-state index >= 15 is 0 Å².